The second-order valence-corrected chi connectivity index (χ2v) is 2.71. The van der Waals surface area contributed by atoms with Gasteiger partial charge in [0.15, 0.2) is 0 Å². The monoisotopic (exact) mass is 234 g/mol. The van der Waals surface area contributed by atoms with Crippen molar-refractivity contribution in [2.45, 2.75) is 20.0 Å². The van der Waals surface area contributed by atoms with Crippen molar-refractivity contribution < 1.29 is 29.3 Å². The van der Waals surface area contributed by atoms with Crippen molar-refractivity contribution in [2.24, 2.45) is 0 Å². The van der Waals surface area contributed by atoms with Gasteiger partial charge in [0.05, 0.1) is 0 Å². The second-order valence-electron chi connectivity index (χ2n) is 2.71. The van der Waals surface area contributed by atoms with E-state index in [1.807, 2.05) is 6.92 Å². The summed E-state index contributed by atoms with van der Waals surface area (Å²) in [7, 11) is 0. The molecule has 0 radical (unpaired) electrons. The Morgan fingerprint density at radius 2 is 1.75 bits per heavy atom. The molecule has 0 aliphatic carbocycles. The summed E-state index contributed by atoms with van der Waals surface area (Å²) in [6, 6.07) is 0. The van der Waals surface area contributed by atoms with Gasteiger partial charge in [-0.3, -0.25) is 0 Å². The van der Waals surface area contributed by atoms with Crippen molar-refractivity contribution >= 4 is 11.9 Å². The fraction of sp³-hybridized carbons (Fsp3) is 0.600. The molecule has 0 rings (SSSR count). The van der Waals surface area contributed by atoms with Crippen LogP contribution in [0.4, 0.5) is 0 Å². The molecular formula is C10H18O6. The zero-order valence-electron chi connectivity index (χ0n) is 9.51. The number of ether oxygens (including phenoxy) is 2. The lowest BCUT2D eigenvalue weighted by atomic mass is 10.4. The SMILES string of the molecule is C=CC.CC(COC(=O)CO)OC(=O)CO. The Labute approximate surface area is 94.5 Å². The van der Waals surface area contributed by atoms with E-state index in [1.165, 1.54) is 6.92 Å². The highest BCUT2D eigenvalue weighted by atomic mass is 16.6. The Balaban J connectivity index is 0. The van der Waals surface area contributed by atoms with Crippen LogP contribution in [0.3, 0.4) is 0 Å². The van der Waals surface area contributed by atoms with Crippen molar-refractivity contribution in [3.05, 3.63) is 12.7 Å². The van der Waals surface area contributed by atoms with Crippen molar-refractivity contribution in [1.29, 1.82) is 0 Å². The molecule has 0 aliphatic rings. The molecule has 0 saturated heterocycles. The minimum atomic E-state index is -0.785. The van der Waals surface area contributed by atoms with Gasteiger partial charge in [0.2, 0.25) is 0 Å². The van der Waals surface area contributed by atoms with Crippen LogP contribution in [0.2, 0.25) is 0 Å². The predicted molar refractivity (Wildman–Crippen MR) is 56.6 cm³/mol. The third-order valence-electron chi connectivity index (χ3n) is 1.07. The van der Waals surface area contributed by atoms with Crippen molar-refractivity contribution in [1.82, 2.24) is 0 Å². The average Bonchev–Trinajstić information content (AvgIpc) is 2.26. The fourth-order valence-corrected chi connectivity index (χ4v) is 0.552. The lowest BCUT2D eigenvalue weighted by Gasteiger charge is -2.11. The molecule has 1 unspecified atom stereocenters. The van der Waals surface area contributed by atoms with Crippen LogP contribution in [0.1, 0.15) is 13.8 Å². The van der Waals surface area contributed by atoms with E-state index in [-0.39, 0.29) is 6.61 Å². The van der Waals surface area contributed by atoms with Gasteiger partial charge in [-0.2, -0.15) is 0 Å². The molecule has 16 heavy (non-hydrogen) atoms. The highest BCUT2D eigenvalue weighted by Crippen LogP contribution is 1.92. The topological polar surface area (TPSA) is 93.1 Å². The number of rotatable bonds is 5. The zero-order chi connectivity index (χ0) is 13.0. The molecule has 94 valence electrons. The van der Waals surface area contributed by atoms with E-state index in [1.54, 1.807) is 6.08 Å². The van der Waals surface area contributed by atoms with Crippen LogP contribution in [0.5, 0.6) is 0 Å². The molecule has 0 saturated carbocycles. The third-order valence-corrected chi connectivity index (χ3v) is 1.07. The lowest BCUT2D eigenvalue weighted by molar-refractivity contribution is -0.161. The second kappa shape index (κ2) is 11.7. The van der Waals surface area contributed by atoms with Crippen LogP contribution in [0.25, 0.3) is 0 Å². The Hall–Kier alpha value is -1.40. The molecule has 0 bridgehead atoms. The van der Waals surface area contributed by atoms with Crippen LogP contribution in [-0.2, 0) is 19.1 Å². The summed E-state index contributed by atoms with van der Waals surface area (Å²) in [5.74, 6) is -1.57. The van der Waals surface area contributed by atoms with Gasteiger partial charge in [-0.1, -0.05) is 6.08 Å². The summed E-state index contributed by atoms with van der Waals surface area (Å²) in [6.45, 7) is 5.20. The smallest absolute Gasteiger partial charge is 0.332 e. The molecule has 0 spiro atoms. The molecule has 0 amide bonds. The van der Waals surface area contributed by atoms with E-state index in [0.717, 1.165) is 0 Å². The molecule has 0 fully saturated rings. The Bertz CT molecular complexity index is 213. The summed E-state index contributed by atoms with van der Waals surface area (Å²) >= 11 is 0. The largest absolute Gasteiger partial charge is 0.460 e. The quantitative estimate of drug-likeness (QED) is 0.498. The molecule has 6 nitrogen and oxygen atoms in total. The molecular weight excluding hydrogens is 216 g/mol. The highest BCUT2D eigenvalue weighted by molar-refractivity contribution is 5.71. The summed E-state index contributed by atoms with van der Waals surface area (Å²) in [5, 5.41) is 16.5. The van der Waals surface area contributed by atoms with E-state index < -0.39 is 31.3 Å². The number of carbonyl (C=O) groups excluding carboxylic acids is 2. The molecule has 0 aromatic rings. The Kier molecular flexibility index (Phi) is 12.4. The van der Waals surface area contributed by atoms with Gasteiger partial charge >= 0.3 is 11.9 Å². The highest BCUT2D eigenvalue weighted by Gasteiger charge is 2.10. The lowest BCUT2D eigenvalue weighted by Crippen LogP contribution is -2.24. The number of carbonyl (C=O) groups is 2. The van der Waals surface area contributed by atoms with Gasteiger partial charge in [0.1, 0.15) is 25.9 Å². The van der Waals surface area contributed by atoms with Gasteiger partial charge in [-0.15, -0.1) is 6.58 Å². The van der Waals surface area contributed by atoms with E-state index in [9.17, 15) is 9.59 Å². The molecule has 6 heteroatoms. The third kappa shape index (κ3) is 12.6. The summed E-state index contributed by atoms with van der Waals surface area (Å²) in [6.07, 6.45) is 1.12. The number of aliphatic hydroxyl groups excluding tert-OH is 2. The summed E-state index contributed by atoms with van der Waals surface area (Å²) in [4.78, 5) is 20.9. The van der Waals surface area contributed by atoms with Crippen molar-refractivity contribution in [3.63, 3.8) is 0 Å². The summed E-state index contributed by atoms with van der Waals surface area (Å²) in [5.41, 5.74) is 0. The van der Waals surface area contributed by atoms with Gasteiger partial charge in [-0.05, 0) is 13.8 Å². The van der Waals surface area contributed by atoms with Crippen molar-refractivity contribution in [2.75, 3.05) is 19.8 Å². The summed E-state index contributed by atoms with van der Waals surface area (Å²) < 4.78 is 9.00. The maximum atomic E-state index is 10.5. The standard InChI is InChI=1S/C7H12O6.C3H6/c1-5(13-7(11)3-9)4-12-6(10)2-8;1-3-2/h5,8-9H,2-4H2,1H3;3H,1H2,2H3. The molecule has 0 aromatic carbocycles. The van der Waals surface area contributed by atoms with Gasteiger partial charge < -0.3 is 19.7 Å². The number of hydrogen-bond donors (Lipinski definition) is 2. The zero-order valence-corrected chi connectivity index (χ0v) is 9.51. The minimum Gasteiger partial charge on any atom is -0.460 e. The molecule has 0 aliphatic heterocycles. The molecule has 2 N–H and O–H groups in total. The number of aliphatic hydroxyl groups is 2. The minimum absolute atomic E-state index is 0.134. The molecule has 1 atom stereocenters. The van der Waals surface area contributed by atoms with Crippen LogP contribution >= 0.6 is 0 Å². The van der Waals surface area contributed by atoms with Crippen LogP contribution in [-0.4, -0.2) is 48.1 Å². The predicted octanol–water partition coefficient (Wildman–Crippen LogP) is -0.362. The van der Waals surface area contributed by atoms with Gasteiger partial charge in [-0.25, -0.2) is 9.59 Å². The molecule has 0 heterocycles. The average molecular weight is 234 g/mol. The van der Waals surface area contributed by atoms with E-state index in [4.69, 9.17) is 10.2 Å². The first-order valence-electron chi connectivity index (χ1n) is 4.65. The first-order chi connectivity index (χ1) is 7.51. The first kappa shape index (κ1) is 17.0. The van der Waals surface area contributed by atoms with Crippen LogP contribution in [0.15, 0.2) is 12.7 Å². The number of hydrogen-bond acceptors (Lipinski definition) is 6. The maximum Gasteiger partial charge on any atom is 0.332 e. The van der Waals surface area contributed by atoms with E-state index in [2.05, 4.69) is 16.1 Å². The van der Waals surface area contributed by atoms with Crippen LogP contribution in [0, 0.1) is 0 Å². The number of esters is 2. The fourth-order valence-electron chi connectivity index (χ4n) is 0.552. The van der Waals surface area contributed by atoms with Gasteiger partial charge in [0.25, 0.3) is 0 Å². The molecule has 0 aromatic heterocycles. The Morgan fingerprint density at radius 1 is 1.31 bits per heavy atom. The van der Waals surface area contributed by atoms with Gasteiger partial charge in [0, 0.05) is 0 Å². The van der Waals surface area contributed by atoms with E-state index in [0.29, 0.717) is 0 Å². The normalized spacial score (nSPS) is 10.5. The van der Waals surface area contributed by atoms with Crippen LogP contribution < -0.4 is 0 Å². The van der Waals surface area contributed by atoms with E-state index >= 15 is 0 Å². The number of allylic oxidation sites excluding steroid dienone is 1. The van der Waals surface area contributed by atoms with Crippen molar-refractivity contribution in [3.8, 4) is 0 Å². The maximum absolute atomic E-state index is 10.5. The Morgan fingerprint density at radius 3 is 2.12 bits per heavy atom. The first-order valence-corrected chi connectivity index (χ1v) is 4.65.